The number of aromatic nitrogens is 2. The molecule has 1 aromatic rings. The van der Waals surface area contributed by atoms with Crippen LogP contribution < -0.4 is 10.1 Å². The Morgan fingerprint density at radius 3 is 2.59 bits per heavy atom. The molecule has 0 spiro atoms. The molecule has 1 heterocycles. The van der Waals surface area contributed by atoms with Crippen molar-refractivity contribution in [2.45, 2.75) is 26.7 Å². The van der Waals surface area contributed by atoms with Crippen molar-refractivity contribution < 1.29 is 4.74 Å². The first kappa shape index (κ1) is 14.0. The zero-order valence-corrected chi connectivity index (χ0v) is 11.4. The Bertz CT molecular complexity index is 334. The second kappa shape index (κ2) is 6.64. The third kappa shape index (κ3) is 3.73. The van der Waals surface area contributed by atoms with Gasteiger partial charge in [-0.15, -0.1) is 11.6 Å². The highest BCUT2D eigenvalue weighted by atomic mass is 35.5. The number of nitrogens with one attached hydrogen (secondary N) is 1. The Labute approximate surface area is 108 Å². The molecule has 0 aromatic carbocycles. The first-order valence-electron chi connectivity index (χ1n) is 5.85. The van der Waals surface area contributed by atoms with Gasteiger partial charge in [-0.25, -0.2) is 0 Å². The number of hydrogen-bond donors (Lipinski definition) is 1. The Kier molecular flexibility index (Phi) is 5.48. The van der Waals surface area contributed by atoms with E-state index in [9.17, 15) is 0 Å². The maximum atomic E-state index is 6.05. The number of halogens is 1. The van der Waals surface area contributed by atoms with Gasteiger partial charge in [0.1, 0.15) is 5.82 Å². The molecule has 0 aliphatic rings. The number of rotatable bonds is 7. The quantitative estimate of drug-likeness (QED) is 0.763. The minimum Gasteiger partial charge on any atom is -0.480 e. The van der Waals surface area contributed by atoms with Crippen LogP contribution in [0, 0.1) is 5.41 Å². The molecule has 0 saturated carbocycles. The van der Waals surface area contributed by atoms with E-state index in [4.69, 9.17) is 16.3 Å². The summed E-state index contributed by atoms with van der Waals surface area (Å²) in [5.74, 6) is 1.88. The summed E-state index contributed by atoms with van der Waals surface area (Å²) < 4.78 is 5.03. The Morgan fingerprint density at radius 2 is 2.06 bits per heavy atom. The average molecular weight is 258 g/mol. The molecule has 0 amide bonds. The van der Waals surface area contributed by atoms with Crippen molar-refractivity contribution in [3.05, 3.63) is 12.4 Å². The normalized spacial score (nSPS) is 11.3. The number of anilines is 1. The summed E-state index contributed by atoms with van der Waals surface area (Å²) in [7, 11) is 1.58. The molecule has 1 aromatic heterocycles. The Balaban J connectivity index is 2.65. The van der Waals surface area contributed by atoms with E-state index in [0.29, 0.717) is 11.8 Å². The molecule has 17 heavy (non-hydrogen) atoms. The van der Waals surface area contributed by atoms with Crippen molar-refractivity contribution >= 4 is 17.4 Å². The number of hydrogen-bond acceptors (Lipinski definition) is 4. The zero-order chi connectivity index (χ0) is 12.7. The molecule has 0 aliphatic carbocycles. The van der Waals surface area contributed by atoms with Crippen molar-refractivity contribution in [2.75, 3.05) is 24.9 Å². The van der Waals surface area contributed by atoms with E-state index in [-0.39, 0.29) is 5.41 Å². The van der Waals surface area contributed by atoms with Crippen LogP contribution in [0.4, 0.5) is 5.82 Å². The monoisotopic (exact) mass is 257 g/mol. The third-order valence-corrected chi connectivity index (χ3v) is 3.82. The fraction of sp³-hybridized carbons (Fsp3) is 0.667. The molecular weight excluding hydrogens is 238 g/mol. The van der Waals surface area contributed by atoms with E-state index in [0.717, 1.165) is 25.2 Å². The average Bonchev–Trinajstić information content (AvgIpc) is 2.41. The van der Waals surface area contributed by atoms with Crippen LogP contribution in [0.15, 0.2) is 12.4 Å². The van der Waals surface area contributed by atoms with E-state index in [1.165, 1.54) is 0 Å². The maximum absolute atomic E-state index is 6.05. The molecule has 0 atom stereocenters. The Morgan fingerprint density at radius 1 is 1.35 bits per heavy atom. The van der Waals surface area contributed by atoms with Crippen LogP contribution >= 0.6 is 11.6 Å². The second-order valence-electron chi connectivity index (χ2n) is 4.14. The highest BCUT2D eigenvalue weighted by Crippen LogP contribution is 2.28. The largest absolute Gasteiger partial charge is 0.480 e. The molecule has 0 bridgehead atoms. The predicted octanol–water partition coefficient (Wildman–Crippen LogP) is 2.94. The van der Waals surface area contributed by atoms with E-state index in [1.54, 1.807) is 19.5 Å². The first-order valence-corrected chi connectivity index (χ1v) is 6.39. The van der Waals surface area contributed by atoms with Crippen LogP contribution in [0.25, 0.3) is 0 Å². The van der Waals surface area contributed by atoms with Gasteiger partial charge in [0.25, 0.3) is 0 Å². The first-order chi connectivity index (χ1) is 8.19. The van der Waals surface area contributed by atoms with Gasteiger partial charge in [0.15, 0.2) is 0 Å². The van der Waals surface area contributed by atoms with Crippen LogP contribution in [0.1, 0.15) is 26.7 Å². The van der Waals surface area contributed by atoms with Gasteiger partial charge in [0.05, 0.1) is 19.5 Å². The smallest absolute Gasteiger partial charge is 0.233 e. The van der Waals surface area contributed by atoms with E-state index < -0.39 is 0 Å². The fourth-order valence-corrected chi connectivity index (χ4v) is 2.02. The van der Waals surface area contributed by atoms with E-state index in [2.05, 4.69) is 29.1 Å². The van der Waals surface area contributed by atoms with Gasteiger partial charge in [-0.1, -0.05) is 13.8 Å². The summed E-state index contributed by atoms with van der Waals surface area (Å²) in [5, 5.41) is 3.28. The van der Waals surface area contributed by atoms with Crippen LogP contribution in [0.2, 0.25) is 0 Å². The number of nitrogens with zero attached hydrogens (tertiary/aromatic N) is 2. The van der Waals surface area contributed by atoms with Gasteiger partial charge >= 0.3 is 0 Å². The second-order valence-corrected chi connectivity index (χ2v) is 4.41. The fourth-order valence-electron chi connectivity index (χ4n) is 1.55. The summed E-state index contributed by atoms with van der Waals surface area (Å²) in [4.78, 5) is 8.31. The van der Waals surface area contributed by atoms with Crippen molar-refractivity contribution in [2.24, 2.45) is 5.41 Å². The SMILES string of the molecule is CCC(CC)(CCl)CNc1cncc(OC)n1. The molecule has 0 fully saturated rings. The lowest BCUT2D eigenvalue weighted by atomic mass is 9.84. The topological polar surface area (TPSA) is 47.0 Å². The van der Waals surface area contributed by atoms with Gasteiger partial charge in [-0.2, -0.15) is 4.98 Å². The zero-order valence-electron chi connectivity index (χ0n) is 10.7. The summed E-state index contributed by atoms with van der Waals surface area (Å²) in [6.07, 6.45) is 5.35. The van der Waals surface area contributed by atoms with Gasteiger partial charge in [0, 0.05) is 17.8 Å². The van der Waals surface area contributed by atoms with Gasteiger partial charge in [0.2, 0.25) is 5.88 Å². The lowest BCUT2D eigenvalue weighted by Gasteiger charge is -2.29. The third-order valence-electron chi connectivity index (χ3n) is 3.25. The molecule has 5 heteroatoms. The molecule has 96 valence electrons. The van der Waals surface area contributed by atoms with E-state index >= 15 is 0 Å². The molecule has 0 unspecified atom stereocenters. The molecule has 0 saturated heterocycles. The van der Waals surface area contributed by atoms with Gasteiger partial charge in [-0.3, -0.25) is 4.98 Å². The number of alkyl halides is 1. The minimum absolute atomic E-state index is 0.117. The summed E-state index contributed by atoms with van der Waals surface area (Å²) in [6.45, 7) is 5.11. The summed E-state index contributed by atoms with van der Waals surface area (Å²) in [5.41, 5.74) is 0.117. The van der Waals surface area contributed by atoms with Crippen molar-refractivity contribution in [1.29, 1.82) is 0 Å². The molecule has 1 rings (SSSR count). The standard InChI is InChI=1S/C12H20ClN3O/c1-4-12(5-2,8-13)9-15-10-6-14-7-11(16-10)17-3/h6-7H,4-5,8-9H2,1-3H3,(H,15,16). The summed E-state index contributed by atoms with van der Waals surface area (Å²) >= 11 is 6.05. The van der Waals surface area contributed by atoms with Crippen molar-refractivity contribution in [3.63, 3.8) is 0 Å². The van der Waals surface area contributed by atoms with Crippen molar-refractivity contribution in [3.8, 4) is 5.88 Å². The highest BCUT2D eigenvalue weighted by Gasteiger charge is 2.24. The Hall–Kier alpha value is -1.03. The molecule has 0 radical (unpaired) electrons. The van der Waals surface area contributed by atoms with Crippen molar-refractivity contribution in [1.82, 2.24) is 9.97 Å². The van der Waals surface area contributed by atoms with Crippen LogP contribution in [-0.2, 0) is 0 Å². The minimum atomic E-state index is 0.117. The molecule has 0 aliphatic heterocycles. The molecule has 4 nitrogen and oxygen atoms in total. The number of ether oxygens (including phenoxy) is 1. The highest BCUT2D eigenvalue weighted by molar-refractivity contribution is 6.18. The van der Waals surface area contributed by atoms with Gasteiger partial charge < -0.3 is 10.1 Å². The van der Waals surface area contributed by atoms with E-state index in [1.807, 2.05) is 0 Å². The predicted molar refractivity (Wildman–Crippen MR) is 70.8 cm³/mol. The summed E-state index contributed by atoms with van der Waals surface area (Å²) in [6, 6.07) is 0. The molecular formula is C12H20ClN3O. The van der Waals surface area contributed by atoms with Crippen LogP contribution in [0.5, 0.6) is 5.88 Å². The lowest BCUT2D eigenvalue weighted by molar-refractivity contribution is 0.326. The van der Waals surface area contributed by atoms with Gasteiger partial charge in [-0.05, 0) is 12.8 Å². The molecule has 1 N–H and O–H groups in total. The van der Waals surface area contributed by atoms with Crippen LogP contribution in [-0.4, -0.2) is 29.5 Å². The number of methoxy groups -OCH3 is 1. The lowest BCUT2D eigenvalue weighted by Crippen LogP contribution is -2.30. The maximum Gasteiger partial charge on any atom is 0.233 e. The van der Waals surface area contributed by atoms with Crippen LogP contribution in [0.3, 0.4) is 0 Å².